The zero-order valence-electron chi connectivity index (χ0n) is 10.6. The van der Waals surface area contributed by atoms with Crippen LogP contribution in [0.3, 0.4) is 0 Å². The maximum atomic E-state index is 3.73. The van der Waals surface area contributed by atoms with Crippen molar-refractivity contribution in [3.05, 3.63) is 45.7 Å². The van der Waals surface area contributed by atoms with Gasteiger partial charge in [-0.3, -0.25) is 0 Å². The Morgan fingerprint density at radius 2 is 2.00 bits per heavy atom. The fourth-order valence-electron chi connectivity index (χ4n) is 1.96. The molecule has 0 atom stereocenters. The van der Waals surface area contributed by atoms with Crippen molar-refractivity contribution in [1.82, 2.24) is 0 Å². The molecule has 0 fully saturated rings. The Balaban J connectivity index is 3.30. The topological polar surface area (TPSA) is 0 Å². The van der Waals surface area contributed by atoms with Gasteiger partial charge in [0.25, 0.3) is 0 Å². The van der Waals surface area contributed by atoms with Crippen molar-refractivity contribution in [2.75, 3.05) is 0 Å². The molecule has 16 heavy (non-hydrogen) atoms. The molecule has 1 heteroatoms. The molecule has 0 bridgehead atoms. The van der Waals surface area contributed by atoms with Crippen molar-refractivity contribution >= 4 is 23.0 Å². The van der Waals surface area contributed by atoms with Crippen LogP contribution in [0.25, 0.3) is 11.6 Å². The quantitative estimate of drug-likeness (QED) is 0.612. The van der Waals surface area contributed by atoms with E-state index in [1.165, 1.54) is 26.5 Å². The molecule has 1 rings (SSSR count). The lowest BCUT2D eigenvalue weighted by molar-refractivity contribution is 1.22. The first-order valence-corrected chi connectivity index (χ1v) is 6.49. The molecule has 0 aliphatic carbocycles. The highest BCUT2D eigenvalue weighted by Gasteiger charge is 2.11. The minimum absolute atomic E-state index is 1.09. The molecule has 0 saturated carbocycles. The predicted molar refractivity (Wildman–Crippen MR) is 77.0 cm³/mol. The van der Waals surface area contributed by atoms with Crippen LogP contribution < -0.4 is 0 Å². The van der Waals surface area contributed by atoms with Gasteiger partial charge in [0.2, 0.25) is 0 Å². The van der Waals surface area contributed by atoms with Gasteiger partial charge in [0.05, 0.1) is 0 Å². The highest BCUT2D eigenvalue weighted by molar-refractivity contribution is 7.12. The molecule has 0 aliphatic heterocycles. The van der Waals surface area contributed by atoms with Crippen molar-refractivity contribution < 1.29 is 0 Å². The van der Waals surface area contributed by atoms with Gasteiger partial charge in [0.15, 0.2) is 0 Å². The minimum Gasteiger partial charge on any atom is -0.145 e. The van der Waals surface area contributed by atoms with E-state index in [0.29, 0.717) is 0 Å². The molecule has 1 heterocycles. The Bertz CT molecular complexity index is 431. The summed E-state index contributed by atoms with van der Waals surface area (Å²) >= 11 is 1.87. The van der Waals surface area contributed by atoms with E-state index in [9.17, 15) is 0 Å². The molecule has 0 saturated heterocycles. The van der Waals surface area contributed by atoms with E-state index in [2.05, 4.69) is 46.4 Å². The summed E-state index contributed by atoms with van der Waals surface area (Å²) in [6.07, 6.45) is 9.38. The maximum Gasteiger partial charge on any atom is 0.00981 e. The summed E-state index contributed by atoms with van der Waals surface area (Å²) in [5.41, 5.74) is 4.14. The van der Waals surface area contributed by atoms with E-state index < -0.39 is 0 Å². The average molecular weight is 232 g/mol. The molecule has 0 aliphatic rings. The van der Waals surface area contributed by atoms with Crippen LogP contribution >= 0.6 is 11.3 Å². The van der Waals surface area contributed by atoms with E-state index in [-0.39, 0.29) is 0 Å². The van der Waals surface area contributed by atoms with Crippen LogP contribution in [0, 0.1) is 13.8 Å². The minimum atomic E-state index is 1.09. The molecule has 0 amide bonds. The molecule has 0 aromatic carbocycles. The molecule has 0 unspecified atom stereocenters. The zero-order valence-corrected chi connectivity index (χ0v) is 11.4. The van der Waals surface area contributed by atoms with Gasteiger partial charge in [-0.05, 0) is 43.9 Å². The van der Waals surface area contributed by atoms with E-state index in [1.807, 2.05) is 23.5 Å². The standard InChI is InChI=1S/C15H20S/c1-6-8-10-14-12(4)16-13(5)15(14)11(3)9-7-2/h6,8-10H,1,7H2,2-5H3/b10-8-,11-9-. The predicted octanol–water partition coefficient (Wildman–Crippen LogP) is 5.38. The molecule has 0 spiro atoms. The van der Waals surface area contributed by atoms with Crippen LogP contribution in [-0.4, -0.2) is 0 Å². The van der Waals surface area contributed by atoms with Gasteiger partial charge in [-0.1, -0.05) is 37.8 Å². The van der Waals surface area contributed by atoms with E-state index in [1.54, 1.807) is 0 Å². The first-order chi connectivity index (χ1) is 7.61. The summed E-state index contributed by atoms with van der Waals surface area (Å²) in [7, 11) is 0. The second-order valence-electron chi connectivity index (χ2n) is 3.89. The Hall–Kier alpha value is -1.08. The summed E-state index contributed by atoms with van der Waals surface area (Å²) in [6.45, 7) is 12.5. The normalized spacial score (nSPS) is 12.4. The number of allylic oxidation sites excluding steroid dienone is 4. The highest BCUT2D eigenvalue weighted by atomic mass is 32.1. The average Bonchev–Trinajstić information content (AvgIpc) is 2.50. The second-order valence-corrected chi connectivity index (χ2v) is 5.32. The fraction of sp³-hybridized carbons (Fsp3) is 0.333. The second kappa shape index (κ2) is 5.86. The van der Waals surface area contributed by atoms with Crippen LogP contribution in [0.1, 0.15) is 41.1 Å². The first kappa shape index (κ1) is 13.0. The number of rotatable bonds is 4. The van der Waals surface area contributed by atoms with Crippen LogP contribution in [-0.2, 0) is 0 Å². The van der Waals surface area contributed by atoms with Gasteiger partial charge in [0.1, 0.15) is 0 Å². The van der Waals surface area contributed by atoms with Crippen LogP contribution in [0.15, 0.2) is 24.8 Å². The maximum absolute atomic E-state index is 3.73. The van der Waals surface area contributed by atoms with Gasteiger partial charge in [0, 0.05) is 9.75 Å². The molecule has 1 aromatic heterocycles. The number of thiophene rings is 1. The molecule has 1 aromatic rings. The van der Waals surface area contributed by atoms with Crippen molar-refractivity contribution in [2.24, 2.45) is 0 Å². The monoisotopic (exact) mass is 232 g/mol. The molecular weight excluding hydrogens is 212 g/mol. The summed E-state index contributed by atoms with van der Waals surface area (Å²) < 4.78 is 0. The van der Waals surface area contributed by atoms with Gasteiger partial charge in [-0.2, -0.15) is 0 Å². The van der Waals surface area contributed by atoms with Crippen molar-refractivity contribution in [3.8, 4) is 0 Å². The smallest absolute Gasteiger partial charge is 0.00981 e. The van der Waals surface area contributed by atoms with Crippen LogP contribution in [0.4, 0.5) is 0 Å². The Morgan fingerprint density at radius 3 is 2.56 bits per heavy atom. The van der Waals surface area contributed by atoms with Gasteiger partial charge in [-0.25, -0.2) is 0 Å². The summed E-state index contributed by atoms with van der Waals surface area (Å²) in [5, 5.41) is 0. The lowest BCUT2D eigenvalue weighted by Gasteiger charge is -2.03. The van der Waals surface area contributed by atoms with Gasteiger partial charge < -0.3 is 0 Å². The molecular formula is C15H20S. The third-order valence-corrected chi connectivity index (χ3v) is 3.65. The molecule has 0 N–H and O–H groups in total. The van der Waals surface area contributed by atoms with Crippen molar-refractivity contribution in [1.29, 1.82) is 0 Å². The summed E-state index contributed by atoms with van der Waals surface area (Å²) in [4.78, 5) is 2.79. The number of hydrogen-bond acceptors (Lipinski definition) is 1. The van der Waals surface area contributed by atoms with E-state index in [0.717, 1.165) is 6.42 Å². The Kier molecular flexibility index (Phi) is 4.75. The molecule has 86 valence electrons. The van der Waals surface area contributed by atoms with E-state index in [4.69, 9.17) is 0 Å². The van der Waals surface area contributed by atoms with Gasteiger partial charge in [-0.15, -0.1) is 11.3 Å². The fourth-order valence-corrected chi connectivity index (χ4v) is 3.08. The lowest BCUT2D eigenvalue weighted by Crippen LogP contribution is -1.84. The third kappa shape index (κ3) is 2.73. The molecule has 0 radical (unpaired) electrons. The Morgan fingerprint density at radius 1 is 1.31 bits per heavy atom. The Labute approximate surface area is 103 Å². The zero-order chi connectivity index (χ0) is 12.1. The third-order valence-electron chi connectivity index (χ3n) is 2.61. The first-order valence-electron chi connectivity index (χ1n) is 5.68. The van der Waals surface area contributed by atoms with Crippen molar-refractivity contribution in [3.63, 3.8) is 0 Å². The molecule has 0 nitrogen and oxygen atoms in total. The summed E-state index contributed by atoms with van der Waals surface area (Å²) in [5.74, 6) is 0. The van der Waals surface area contributed by atoms with Crippen LogP contribution in [0.5, 0.6) is 0 Å². The van der Waals surface area contributed by atoms with Gasteiger partial charge >= 0.3 is 0 Å². The number of aryl methyl sites for hydroxylation is 2. The largest absolute Gasteiger partial charge is 0.145 e. The lowest BCUT2D eigenvalue weighted by atomic mass is 10.0. The highest BCUT2D eigenvalue weighted by Crippen LogP contribution is 2.33. The SMILES string of the molecule is C=C/C=C\c1c(C)sc(C)c1/C(C)=C\CC. The van der Waals surface area contributed by atoms with Crippen LogP contribution in [0.2, 0.25) is 0 Å². The number of hydrogen-bond donors (Lipinski definition) is 0. The van der Waals surface area contributed by atoms with Crippen molar-refractivity contribution in [2.45, 2.75) is 34.1 Å². The summed E-state index contributed by atoms with van der Waals surface area (Å²) in [6, 6.07) is 0. The van der Waals surface area contributed by atoms with E-state index >= 15 is 0 Å².